The second-order valence-electron chi connectivity index (χ2n) is 7.20. The highest BCUT2D eigenvalue weighted by atomic mass is 32.2. The van der Waals surface area contributed by atoms with Crippen molar-refractivity contribution in [3.05, 3.63) is 101 Å². The number of rotatable bonds is 7. The van der Waals surface area contributed by atoms with Gasteiger partial charge in [-0.25, -0.2) is 4.90 Å². The van der Waals surface area contributed by atoms with Crippen LogP contribution >= 0.6 is 11.8 Å². The van der Waals surface area contributed by atoms with Gasteiger partial charge in [0.25, 0.3) is 11.8 Å². The second-order valence-corrected chi connectivity index (χ2v) is 8.28. The van der Waals surface area contributed by atoms with Crippen molar-refractivity contribution in [1.29, 1.82) is 0 Å². The monoisotopic (exact) mass is 413 g/mol. The lowest BCUT2D eigenvalue weighted by Crippen LogP contribution is -2.31. The molecule has 30 heavy (non-hydrogen) atoms. The van der Waals surface area contributed by atoms with E-state index in [0.29, 0.717) is 16.2 Å². The average Bonchev–Trinajstić information content (AvgIpc) is 3.03. The molecule has 0 unspecified atom stereocenters. The molecule has 0 atom stereocenters. The number of unbranched alkanes of at least 4 members (excludes halogenated alkanes) is 1. The first-order valence-electron chi connectivity index (χ1n) is 10.2. The predicted molar refractivity (Wildman–Crippen MR) is 123 cm³/mol. The Hall–Kier alpha value is -3.11. The summed E-state index contributed by atoms with van der Waals surface area (Å²) in [5.41, 5.74) is 3.05. The largest absolute Gasteiger partial charge is 0.272 e. The molecule has 2 amide bonds. The van der Waals surface area contributed by atoms with Gasteiger partial charge < -0.3 is 0 Å². The van der Waals surface area contributed by atoms with E-state index in [9.17, 15) is 9.59 Å². The van der Waals surface area contributed by atoms with Crippen molar-refractivity contribution in [2.75, 3.05) is 4.90 Å². The third-order valence-corrected chi connectivity index (χ3v) is 6.17. The van der Waals surface area contributed by atoms with Gasteiger partial charge in [-0.3, -0.25) is 9.59 Å². The van der Waals surface area contributed by atoms with Crippen LogP contribution in [0.25, 0.3) is 5.57 Å². The Morgan fingerprint density at radius 1 is 0.767 bits per heavy atom. The molecule has 0 radical (unpaired) electrons. The molecule has 3 nitrogen and oxygen atoms in total. The minimum absolute atomic E-state index is 0.269. The fourth-order valence-corrected chi connectivity index (χ4v) is 4.51. The van der Waals surface area contributed by atoms with Gasteiger partial charge in [0, 0.05) is 4.90 Å². The number of aryl methyl sites for hydroxylation is 1. The van der Waals surface area contributed by atoms with E-state index in [4.69, 9.17) is 0 Å². The van der Waals surface area contributed by atoms with Crippen molar-refractivity contribution >= 4 is 34.8 Å². The Morgan fingerprint density at radius 3 is 2.03 bits per heavy atom. The number of amides is 2. The molecule has 0 saturated carbocycles. The van der Waals surface area contributed by atoms with E-state index < -0.39 is 0 Å². The van der Waals surface area contributed by atoms with Gasteiger partial charge in [-0.1, -0.05) is 85.8 Å². The molecular formula is C26H23NO2S. The number of hydrogen-bond donors (Lipinski definition) is 0. The summed E-state index contributed by atoms with van der Waals surface area (Å²) < 4.78 is 0. The van der Waals surface area contributed by atoms with Crippen LogP contribution in [0.1, 0.15) is 30.9 Å². The van der Waals surface area contributed by atoms with Crippen molar-refractivity contribution in [1.82, 2.24) is 0 Å². The highest BCUT2D eigenvalue weighted by molar-refractivity contribution is 8.04. The number of carbonyl (C=O) groups excluding carboxylic acids is 2. The molecule has 4 heteroatoms. The molecule has 0 aromatic heterocycles. The highest BCUT2D eigenvalue weighted by Gasteiger charge is 2.40. The van der Waals surface area contributed by atoms with Gasteiger partial charge in [0.15, 0.2) is 0 Å². The molecule has 0 aliphatic carbocycles. The Morgan fingerprint density at radius 2 is 1.40 bits per heavy atom. The topological polar surface area (TPSA) is 37.4 Å². The molecule has 1 aliphatic heterocycles. The quantitative estimate of drug-likeness (QED) is 0.439. The molecule has 1 aliphatic rings. The Labute approximate surface area is 181 Å². The van der Waals surface area contributed by atoms with Crippen molar-refractivity contribution < 1.29 is 9.59 Å². The number of nitrogens with zero attached hydrogens (tertiary/aromatic N) is 1. The van der Waals surface area contributed by atoms with Gasteiger partial charge >= 0.3 is 0 Å². The highest BCUT2D eigenvalue weighted by Crippen LogP contribution is 2.41. The maximum Gasteiger partial charge on any atom is 0.272 e. The van der Waals surface area contributed by atoms with E-state index >= 15 is 0 Å². The van der Waals surface area contributed by atoms with Crippen LogP contribution in [0.15, 0.2) is 94.7 Å². The SMILES string of the molecule is CCCCc1ccc(N2C(=O)C(Sc3ccccc3)=C(c3ccccc3)C2=O)cc1. The summed E-state index contributed by atoms with van der Waals surface area (Å²) in [4.78, 5) is 29.5. The number of hydrogen-bond acceptors (Lipinski definition) is 3. The molecule has 150 valence electrons. The summed E-state index contributed by atoms with van der Waals surface area (Å²) in [7, 11) is 0. The predicted octanol–water partition coefficient (Wildman–Crippen LogP) is 6.11. The van der Waals surface area contributed by atoms with Crippen LogP contribution in [0.4, 0.5) is 5.69 Å². The molecule has 3 aromatic rings. The second kappa shape index (κ2) is 9.14. The van der Waals surface area contributed by atoms with E-state index in [1.165, 1.54) is 22.2 Å². The zero-order valence-electron chi connectivity index (χ0n) is 16.9. The summed E-state index contributed by atoms with van der Waals surface area (Å²) in [6.45, 7) is 2.17. The Bertz CT molecular complexity index is 1070. The normalized spacial score (nSPS) is 14.0. The van der Waals surface area contributed by atoms with Crippen LogP contribution in [0.2, 0.25) is 0 Å². The lowest BCUT2D eigenvalue weighted by atomic mass is 10.1. The fraction of sp³-hybridized carbons (Fsp3) is 0.154. The van der Waals surface area contributed by atoms with Crippen molar-refractivity contribution in [3.63, 3.8) is 0 Å². The molecule has 0 bridgehead atoms. The van der Waals surface area contributed by atoms with E-state index in [-0.39, 0.29) is 11.8 Å². The lowest BCUT2D eigenvalue weighted by Gasteiger charge is -2.16. The molecular weight excluding hydrogens is 390 g/mol. The Balaban J connectivity index is 1.71. The molecule has 1 heterocycles. The first kappa shape index (κ1) is 20.2. The van der Waals surface area contributed by atoms with Gasteiger partial charge in [0.2, 0.25) is 0 Å². The third-order valence-electron chi connectivity index (χ3n) is 5.08. The number of benzene rings is 3. The van der Waals surface area contributed by atoms with Crippen LogP contribution in [0.3, 0.4) is 0 Å². The van der Waals surface area contributed by atoms with Gasteiger partial charge in [0.1, 0.15) is 0 Å². The van der Waals surface area contributed by atoms with E-state index in [2.05, 4.69) is 6.92 Å². The van der Waals surface area contributed by atoms with Crippen molar-refractivity contribution in [3.8, 4) is 0 Å². The molecule has 0 saturated heterocycles. The molecule has 0 spiro atoms. The first-order chi connectivity index (χ1) is 14.7. The van der Waals surface area contributed by atoms with Gasteiger partial charge in [-0.05, 0) is 48.2 Å². The minimum Gasteiger partial charge on any atom is -0.268 e. The summed E-state index contributed by atoms with van der Waals surface area (Å²) in [6.07, 6.45) is 3.26. The van der Waals surface area contributed by atoms with Crippen LogP contribution in [-0.4, -0.2) is 11.8 Å². The maximum absolute atomic E-state index is 13.4. The maximum atomic E-state index is 13.4. The molecule has 0 N–H and O–H groups in total. The molecule has 3 aromatic carbocycles. The van der Waals surface area contributed by atoms with Crippen LogP contribution in [0.5, 0.6) is 0 Å². The van der Waals surface area contributed by atoms with Crippen LogP contribution in [0, 0.1) is 0 Å². The molecule has 0 fully saturated rings. The average molecular weight is 414 g/mol. The fourth-order valence-electron chi connectivity index (χ4n) is 3.50. The molecule has 4 rings (SSSR count). The van der Waals surface area contributed by atoms with Crippen molar-refractivity contribution in [2.24, 2.45) is 0 Å². The van der Waals surface area contributed by atoms with Crippen LogP contribution in [-0.2, 0) is 16.0 Å². The van der Waals surface area contributed by atoms with E-state index in [1.54, 1.807) is 0 Å². The smallest absolute Gasteiger partial charge is 0.268 e. The number of carbonyl (C=O) groups is 2. The summed E-state index contributed by atoms with van der Waals surface area (Å²) >= 11 is 1.35. The third kappa shape index (κ3) is 4.10. The number of imide groups is 1. The van der Waals surface area contributed by atoms with Crippen molar-refractivity contribution in [2.45, 2.75) is 31.1 Å². The summed E-state index contributed by atoms with van der Waals surface area (Å²) in [6, 6.07) is 26.9. The zero-order chi connectivity index (χ0) is 20.9. The van der Waals surface area contributed by atoms with Crippen LogP contribution < -0.4 is 4.90 Å². The van der Waals surface area contributed by atoms with Gasteiger partial charge in [-0.2, -0.15) is 0 Å². The lowest BCUT2D eigenvalue weighted by molar-refractivity contribution is -0.119. The minimum atomic E-state index is -0.272. The van der Waals surface area contributed by atoms with E-state index in [0.717, 1.165) is 29.7 Å². The number of anilines is 1. The van der Waals surface area contributed by atoms with Gasteiger partial charge in [-0.15, -0.1) is 0 Å². The standard InChI is InChI=1S/C26H23NO2S/c1-2-3-10-19-15-17-21(18-16-19)27-25(28)23(20-11-6-4-7-12-20)24(26(27)29)30-22-13-8-5-9-14-22/h4-9,11-18H,2-3,10H2,1H3. The number of thioether (sulfide) groups is 1. The summed E-state index contributed by atoms with van der Waals surface area (Å²) in [5, 5.41) is 0. The zero-order valence-corrected chi connectivity index (χ0v) is 17.7. The van der Waals surface area contributed by atoms with Gasteiger partial charge in [0.05, 0.1) is 16.2 Å². The van der Waals surface area contributed by atoms with E-state index in [1.807, 2.05) is 84.9 Å². The first-order valence-corrected chi connectivity index (χ1v) is 11.0. The summed E-state index contributed by atoms with van der Waals surface area (Å²) in [5.74, 6) is -0.542. The Kier molecular flexibility index (Phi) is 6.15.